The summed E-state index contributed by atoms with van der Waals surface area (Å²) in [6, 6.07) is 4.89. The van der Waals surface area contributed by atoms with Crippen LogP contribution in [0.4, 0.5) is 0 Å². The normalized spacial score (nSPS) is 12.8. The molecular formula is C9H9Cl2N5. The second-order valence-electron chi connectivity index (χ2n) is 3.31. The number of tetrazole rings is 1. The van der Waals surface area contributed by atoms with Crippen LogP contribution in [0.3, 0.4) is 0 Å². The predicted octanol–water partition coefficient (Wildman–Crippen LogP) is 1.99. The molecule has 2 N–H and O–H groups in total. The van der Waals surface area contributed by atoms with E-state index in [0.717, 1.165) is 0 Å². The van der Waals surface area contributed by atoms with Crippen LogP contribution in [0, 0.1) is 0 Å². The Kier molecular flexibility index (Phi) is 3.09. The fourth-order valence-corrected chi connectivity index (χ4v) is 1.89. The molecule has 1 heterocycles. The van der Waals surface area contributed by atoms with Gasteiger partial charge in [0.15, 0.2) is 5.82 Å². The molecule has 0 amide bonds. The molecule has 1 aromatic carbocycles. The Morgan fingerprint density at radius 1 is 1.31 bits per heavy atom. The quantitative estimate of drug-likeness (QED) is 0.894. The maximum atomic E-state index is 6.06. The van der Waals surface area contributed by atoms with Crippen LogP contribution in [0.5, 0.6) is 0 Å². The van der Waals surface area contributed by atoms with Crippen LogP contribution in [0.15, 0.2) is 18.2 Å². The molecule has 84 valence electrons. The summed E-state index contributed by atoms with van der Waals surface area (Å²) in [7, 11) is 0. The van der Waals surface area contributed by atoms with Crippen LogP contribution < -0.4 is 5.73 Å². The highest BCUT2D eigenvalue weighted by atomic mass is 35.5. The fraction of sp³-hybridized carbons (Fsp3) is 0.222. The van der Waals surface area contributed by atoms with Crippen LogP contribution >= 0.6 is 23.2 Å². The molecule has 5 nitrogen and oxygen atoms in total. The summed E-state index contributed by atoms with van der Waals surface area (Å²) in [5, 5.41) is 12.2. The summed E-state index contributed by atoms with van der Waals surface area (Å²) in [4.78, 5) is 0. The summed E-state index contributed by atoms with van der Waals surface area (Å²) in [5.41, 5.74) is 6.29. The first-order chi connectivity index (χ1) is 7.61. The lowest BCUT2D eigenvalue weighted by molar-refractivity contribution is 0.688. The monoisotopic (exact) mass is 257 g/mol. The first-order valence-corrected chi connectivity index (χ1v) is 5.35. The topological polar surface area (TPSA) is 69.6 Å². The van der Waals surface area contributed by atoms with Gasteiger partial charge in [0, 0.05) is 0 Å². The zero-order chi connectivity index (χ0) is 11.7. The Bertz CT molecular complexity index is 488. The second-order valence-corrected chi connectivity index (χ2v) is 4.12. The molecular weight excluding hydrogens is 249 g/mol. The lowest BCUT2D eigenvalue weighted by atomic mass is 10.3. The van der Waals surface area contributed by atoms with E-state index in [1.807, 2.05) is 0 Å². The van der Waals surface area contributed by atoms with Gasteiger partial charge in [-0.2, -0.15) is 4.68 Å². The van der Waals surface area contributed by atoms with Gasteiger partial charge in [0.2, 0.25) is 0 Å². The number of aromatic nitrogens is 4. The molecule has 1 aromatic heterocycles. The van der Waals surface area contributed by atoms with E-state index in [-0.39, 0.29) is 6.04 Å². The predicted molar refractivity (Wildman–Crippen MR) is 61.8 cm³/mol. The van der Waals surface area contributed by atoms with E-state index in [1.54, 1.807) is 25.1 Å². The van der Waals surface area contributed by atoms with Crippen molar-refractivity contribution in [2.24, 2.45) is 5.73 Å². The highest BCUT2D eigenvalue weighted by Gasteiger charge is 2.16. The van der Waals surface area contributed by atoms with Gasteiger partial charge in [0.25, 0.3) is 0 Å². The van der Waals surface area contributed by atoms with Crippen molar-refractivity contribution in [2.75, 3.05) is 0 Å². The van der Waals surface area contributed by atoms with E-state index in [2.05, 4.69) is 15.5 Å². The van der Waals surface area contributed by atoms with Gasteiger partial charge < -0.3 is 5.73 Å². The van der Waals surface area contributed by atoms with Crippen molar-refractivity contribution in [3.63, 3.8) is 0 Å². The average molecular weight is 258 g/mol. The molecule has 0 radical (unpaired) electrons. The number of nitrogens with zero attached hydrogens (tertiary/aromatic N) is 4. The van der Waals surface area contributed by atoms with E-state index >= 15 is 0 Å². The Hall–Kier alpha value is -1.17. The van der Waals surface area contributed by atoms with Crippen molar-refractivity contribution in [3.8, 4) is 5.69 Å². The molecule has 2 rings (SSSR count). The van der Waals surface area contributed by atoms with Crippen molar-refractivity contribution >= 4 is 23.2 Å². The summed E-state index contributed by atoms with van der Waals surface area (Å²) in [6.07, 6.45) is 0. The third-order valence-electron chi connectivity index (χ3n) is 2.05. The van der Waals surface area contributed by atoms with Crippen LogP contribution in [-0.2, 0) is 0 Å². The Balaban J connectivity index is 2.63. The lowest BCUT2D eigenvalue weighted by Gasteiger charge is -2.09. The average Bonchev–Trinajstić information content (AvgIpc) is 2.66. The summed E-state index contributed by atoms with van der Waals surface area (Å²) in [6.45, 7) is 1.78. The van der Waals surface area contributed by atoms with Crippen molar-refractivity contribution in [1.82, 2.24) is 20.2 Å². The lowest BCUT2D eigenvalue weighted by Crippen LogP contribution is -2.13. The van der Waals surface area contributed by atoms with E-state index < -0.39 is 0 Å². The number of nitrogens with two attached hydrogens (primary N) is 1. The highest BCUT2D eigenvalue weighted by Crippen LogP contribution is 2.28. The summed E-state index contributed by atoms with van der Waals surface area (Å²) < 4.78 is 1.45. The number of rotatable bonds is 2. The third-order valence-corrected chi connectivity index (χ3v) is 2.66. The van der Waals surface area contributed by atoms with E-state index in [0.29, 0.717) is 21.6 Å². The van der Waals surface area contributed by atoms with E-state index in [9.17, 15) is 0 Å². The Morgan fingerprint density at radius 3 is 2.50 bits per heavy atom. The molecule has 0 aliphatic heterocycles. The van der Waals surface area contributed by atoms with E-state index in [1.165, 1.54) is 4.68 Å². The van der Waals surface area contributed by atoms with Gasteiger partial charge in [-0.25, -0.2) is 0 Å². The van der Waals surface area contributed by atoms with Gasteiger partial charge in [-0.15, -0.1) is 5.10 Å². The van der Waals surface area contributed by atoms with Crippen LogP contribution in [-0.4, -0.2) is 20.2 Å². The molecule has 0 fully saturated rings. The zero-order valence-corrected chi connectivity index (χ0v) is 9.94. The van der Waals surface area contributed by atoms with Gasteiger partial charge in [-0.1, -0.05) is 29.3 Å². The minimum Gasteiger partial charge on any atom is -0.321 e. The third kappa shape index (κ3) is 1.89. The van der Waals surface area contributed by atoms with Crippen molar-refractivity contribution in [2.45, 2.75) is 13.0 Å². The first kappa shape index (κ1) is 11.3. The minimum absolute atomic E-state index is 0.303. The molecule has 0 saturated heterocycles. The minimum atomic E-state index is -0.303. The van der Waals surface area contributed by atoms with Gasteiger partial charge in [-0.3, -0.25) is 0 Å². The van der Waals surface area contributed by atoms with Crippen molar-refractivity contribution in [3.05, 3.63) is 34.1 Å². The van der Waals surface area contributed by atoms with Gasteiger partial charge in [-0.05, 0) is 29.5 Å². The maximum Gasteiger partial charge on any atom is 0.173 e. The molecule has 0 bridgehead atoms. The molecule has 0 aliphatic carbocycles. The Labute approximate surface area is 102 Å². The molecule has 0 aliphatic rings. The molecule has 0 spiro atoms. The SMILES string of the molecule is CC(N)c1nnnn1-c1c(Cl)cccc1Cl. The number of benzene rings is 1. The number of hydrogen-bond acceptors (Lipinski definition) is 4. The molecule has 1 unspecified atom stereocenters. The van der Waals surface area contributed by atoms with Gasteiger partial charge >= 0.3 is 0 Å². The van der Waals surface area contributed by atoms with Gasteiger partial charge in [0.05, 0.1) is 16.1 Å². The smallest absolute Gasteiger partial charge is 0.173 e. The molecule has 1 atom stereocenters. The van der Waals surface area contributed by atoms with Crippen LogP contribution in [0.1, 0.15) is 18.8 Å². The largest absolute Gasteiger partial charge is 0.321 e. The highest BCUT2D eigenvalue weighted by molar-refractivity contribution is 6.37. The Morgan fingerprint density at radius 2 is 1.94 bits per heavy atom. The standard InChI is InChI=1S/C9H9Cl2N5/c1-5(12)9-13-14-15-16(9)8-6(10)3-2-4-7(8)11/h2-5H,12H2,1H3. The van der Waals surface area contributed by atoms with Gasteiger partial charge in [0.1, 0.15) is 5.69 Å². The van der Waals surface area contributed by atoms with Crippen molar-refractivity contribution < 1.29 is 0 Å². The summed E-state index contributed by atoms with van der Waals surface area (Å²) >= 11 is 12.1. The second kappa shape index (κ2) is 4.37. The molecule has 0 saturated carbocycles. The zero-order valence-electron chi connectivity index (χ0n) is 8.43. The molecule has 2 aromatic rings. The van der Waals surface area contributed by atoms with Crippen LogP contribution in [0.25, 0.3) is 5.69 Å². The summed E-state index contributed by atoms with van der Waals surface area (Å²) in [5.74, 6) is 0.509. The fourth-order valence-electron chi connectivity index (χ4n) is 1.33. The number of para-hydroxylation sites is 1. The maximum absolute atomic E-state index is 6.06. The van der Waals surface area contributed by atoms with E-state index in [4.69, 9.17) is 28.9 Å². The first-order valence-electron chi connectivity index (χ1n) is 4.59. The number of hydrogen-bond donors (Lipinski definition) is 1. The number of halogens is 2. The van der Waals surface area contributed by atoms with Crippen molar-refractivity contribution in [1.29, 1.82) is 0 Å². The van der Waals surface area contributed by atoms with Crippen LogP contribution in [0.2, 0.25) is 10.0 Å². The molecule has 7 heteroatoms. The molecule has 16 heavy (non-hydrogen) atoms.